The van der Waals surface area contributed by atoms with Gasteiger partial charge in [0.1, 0.15) is 17.5 Å². The fraction of sp³-hybridized carbons (Fsp3) is 0.209. The minimum Gasteiger partial charge on any atom is -0.508 e. The maximum absolute atomic E-state index is 12.9. The summed E-state index contributed by atoms with van der Waals surface area (Å²) >= 11 is 0. The van der Waals surface area contributed by atoms with E-state index in [1.165, 1.54) is 17.7 Å². The van der Waals surface area contributed by atoms with Gasteiger partial charge in [0.25, 0.3) is 0 Å². The van der Waals surface area contributed by atoms with Crippen molar-refractivity contribution in [3.63, 3.8) is 0 Å². The summed E-state index contributed by atoms with van der Waals surface area (Å²) in [5.74, 6) is -1.30. The van der Waals surface area contributed by atoms with Crippen LogP contribution in [0.15, 0.2) is 140 Å². The van der Waals surface area contributed by atoms with E-state index in [2.05, 4.69) is 22.8 Å². The molecule has 0 radical (unpaired) electrons. The number of carboxylic acid groups (broad SMARTS) is 1. The number of rotatable bonds is 16. The Balaban J connectivity index is 0.000000244. The molecule has 2 amide bonds. The first-order valence-electron chi connectivity index (χ1n) is 17.2. The molecule has 0 fully saturated rings. The number of aliphatic carboxylic acids is 1. The second-order valence-corrected chi connectivity index (χ2v) is 12.4. The number of carboxylic acids is 1. The maximum Gasteiger partial charge on any atom is 0.326 e. The molecule has 2 atom stereocenters. The van der Waals surface area contributed by atoms with Crippen molar-refractivity contribution in [1.29, 1.82) is 0 Å². The normalized spacial score (nSPS) is 11.6. The largest absolute Gasteiger partial charge is 0.508 e. The van der Waals surface area contributed by atoms with Gasteiger partial charge in [-0.25, -0.2) is 4.79 Å². The number of amides is 2. The standard InChI is InChI=1S/C26H27NO3.C17H17NO4/c28-23-16-14-22(15-17-23)19-26(30)27-24(18-21-10-5-2-6-11-21)25(29)13-7-12-20-8-3-1-4-9-20;19-14-8-6-13(7-9-14)11-16(20)18-15(17(21)22)10-12-4-2-1-3-5-12/h1-6,8-11,14-17,24,28H,7,12-13,18-19H2,(H,27,30);1-9,15,19H,10-11H2,(H,18,20)(H,21,22)/t24-;15-/m00/s1. The van der Waals surface area contributed by atoms with Crippen molar-refractivity contribution in [3.8, 4) is 11.5 Å². The molecule has 5 rings (SSSR count). The van der Waals surface area contributed by atoms with Gasteiger partial charge < -0.3 is 26.0 Å². The lowest BCUT2D eigenvalue weighted by Crippen LogP contribution is -2.43. The molecule has 0 saturated carbocycles. The molecule has 0 spiro atoms. The molecule has 268 valence electrons. The number of Topliss-reactive ketones (excluding diaryl/α,β-unsaturated/α-hetero) is 1. The van der Waals surface area contributed by atoms with E-state index in [1.807, 2.05) is 78.9 Å². The lowest BCUT2D eigenvalue weighted by Gasteiger charge is -2.18. The predicted molar refractivity (Wildman–Crippen MR) is 200 cm³/mol. The minimum absolute atomic E-state index is 0.0499. The molecule has 52 heavy (non-hydrogen) atoms. The van der Waals surface area contributed by atoms with E-state index in [-0.39, 0.29) is 48.4 Å². The first-order valence-corrected chi connectivity index (χ1v) is 17.2. The molecule has 5 aromatic rings. The van der Waals surface area contributed by atoms with Crippen LogP contribution in [0.4, 0.5) is 0 Å². The van der Waals surface area contributed by atoms with Crippen molar-refractivity contribution in [2.75, 3.05) is 0 Å². The van der Waals surface area contributed by atoms with Crippen LogP contribution in [0.1, 0.15) is 40.7 Å². The number of aromatic hydroxyl groups is 2. The number of benzene rings is 5. The van der Waals surface area contributed by atoms with E-state index >= 15 is 0 Å². The number of ketones is 1. The number of carbonyl (C=O) groups is 4. The fourth-order valence-corrected chi connectivity index (χ4v) is 5.52. The Labute approximate surface area is 304 Å². The number of nitrogens with one attached hydrogen (secondary N) is 2. The van der Waals surface area contributed by atoms with Crippen molar-refractivity contribution in [3.05, 3.63) is 167 Å². The first kappa shape index (κ1) is 38.6. The van der Waals surface area contributed by atoms with Crippen molar-refractivity contribution in [2.45, 2.75) is 57.0 Å². The van der Waals surface area contributed by atoms with Gasteiger partial charge in [-0.3, -0.25) is 14.4 Å². The average molecular weight is 701 g/mol. The van der Waals surface area contributed by atoms with Crippen LogP contribution in [-0.2, 0) is 51.3 Å². The monoisotopic (exact) mass is 700 g/mol. The minimum atomic E-state index is -1.07. The predicted octanol–water partition coefficient (Wildman–Crippen LogP) is 6.00. The van der Waals surface area contributed by atoms with Crippen LogP contribution < -0.4 is 10.6 Å². The van der Waals surface area contributed by atoms with Crippen LogP contribution >= 0.6 is 0 Å². The average Bonchev–Trinajstić information content (AvgIpc) is 3.14. The molecule has 0 heterocycles. The van der Waals surface area contributed by atoms with E-state index in [4.69, 9.17) is 0 Å². The number of hydrogen-bond acceptors (Lipinski definition) is 6. The van der Waals surface area contributed by atoms with Crippen LogP contribution in [0.2, 0.25) is 0 Å². The molecule has 9 heteroatoms. The summed E-state index contributed by atoms with van der Waals surface area (Å²) in [6.45, 7) is 0. The highest BCUT2D eigenvalue weighted by Crippen LogP contribution is 2.13. The van der Waals surface area contributed by atoms with Gasteiger partial charge in [-0.2, -0.15) is 0 Å². The van der Waals surface area contributed by atoms with Gasteiger partial charge in [-0.05, 0) is 71.3 Å². The molecule has 0 aliphatic heterocycles. The van der Waals surface area contributed by atoms with Crippen molar-refractivity contribution >= 4 is 23.6 Å². The third kappa shape index (κ3) is 14.0. The molecular weight excluding hydrogens is 656 g/mol. The van der Waals surface area contributed by atoms with E-state index in [1.54, 1.807) is 36.4 Å². The fourth-order valence-electron chi connectivity index (χ4n) is 5.52. The molecule has 0 aromatic heterocycles. The third-order valence-electron chi connectivity index (χ3n) is 8.26. The van der Waals surface area contributed by atoms with E-state index in [0.717, 1.165) is 29.5 Å². The molecule has 9 nitrogen and oxygen atoms in total. The van der Waals surface area contributed by atoms with Crippen LogP contribution in [0.3, 0.4) is 0 Å². The van der Waals surface area contributed by atoms with Gasteiger partial charge in [0, 0.05) is 12.8 Å². The number of carbonyl (C=O) groups excluding carboxylic acids is 3. The number of phenolic OH excluding ortho intramolecular Hbond substituents is 2. The Kier molecular flexibility index (Phi) is 15.2. The number of phenols is 2. The molecule has 0 saturated heterocycles. The van der Waals surface area contributed by atoms with E-state index < -0.39 is 18.1 Å². The Morgan fingerprint density at radius 2 is 0.865 bits per heavy atom. The van der Waals surface area contributed by atoms with Crippen molar-refractivity contribution in [1.82, 2.24) is 10.6 Å². The van der Waals surface area contributed by atoms with Crippen LogP contribution in [-0.4, -0.2) is 51.0 Å². The zero-order valence-corrected chi connectivity index (χ0v) is 28.9. The third-order valence-corrected chi connectivity index (χ3v) is 8.26. The smallest absolute Gasteiger partial charge is 0.326 e. The van der Waals surface area contributed by atoms with Crippen LogP contribution in [0, 0.1) is 0 Å². The van der Waals surface area contributed by atoms with Crippen LogP contribution in [0.25, 0.3) is 0 Å². The second-order valence-electron chi connectivity index (χ2n) is 12.4. The van der Waals surface area contributed by atoms with Gasteiger partial charge in [0.05, 0.1) is 18.9 Å². The Morgan fingerprint density at radius 3 is 1.29 bits per heavy atom. The lowest BCUT2D eigenvalue weighted by molar-refractivity contribution is -0.141. The molecular formula is C43H44N2O7. The highest BCUT2D eigenvalue weighted by atomic mass is 16.4. The van der Waals surface area contributed by atoms with Gasteiger partial charge in [-0.1, -0.05) is 115 Å². The number of hydrogen-bond donors (Lipinski definition) is 5. The van der Waals surface area contributed by atoms with Crippen molar-refractivity contribution in [2.24, 2.45) is 0 Å². The zero-order chi connectivity index (χ0) is 37.1. The van der Waals surface area contributed by atoms with Gasteiger partial charge in [-0.15, -0.1) is 0 Å². The molecule has 0 aliphatic carbocycles. The summed E-state index contributed by atoms with van der Waals surface area (Å²) in [4.78, 5) is 48.7. The summed E-state index contributed by atoms with van der Waals surface area (Å²) < 4.78 is 0. The quantitative estimate of drug-likeness (QED) is 0.0847. The summed E-state index contributed by atoms with van der Waals surface area (Å²) in [7, 11) is 0. The molecule has 0 aliphatic rings. The summed E-state index contributed by atoms with van der Waals surface area (Å²) in [6, 6.07) is 40.2. The SMILES string of the molecule is O=C(Cc1ccc(O)cc1)N[C@@H](Cc1ccccc1)C(=O)CCCc1ccccc1.O=C(Cc1ccc(O)cc1)N[C@@H](Cc1ccccc1)C(=O)O. The Bertz CT molecular complexity index is 1850. The molecule has 0 bridgehead atoms. The summed E-state index contributed by atoms with van der Waals surface area (Å²) in [6.07, 6.45) is 2.96. The molecule has 0 unspecified atom stereocenters. The molecule has 5 aromatic carbocycles. The number of aryl methyl sites for hydroxylation is 1. The van der Waals surface area contributed by atoms with E-state index in [9.17, 15) is 34.5 Å². The lowest BCUT2D eigenvalue weighted by atomic mass is 9.97. The van der Waals surface area contributed by atoms with Gasteiger partial charge >= 0.3 is 5.97 Å². The molecule has 5 N–H and O–H groups in total. The summed E-state index contributed by atoms with van der Waals surface area (Å²) in [5.41, 5.74) is 4.57. The van der Waals surface area contributed by atoms with Gasteiger partial charge in [0.2, 0.25) is 11.8 Å². The Hall–Kier alpha value is -6.22. The maximum atomic E-state index is 12.9. The first-order chi connectivity index (χ1) is 25.1. The highest BCUT2D eigenvalue weighted by molar-refractivity contribution is 5.90. The van der Waals surface area contributed by atoms with Crippen molar-refractivity contribution < 1.29 is 34.5 Å². The zero-order valence-electron chi connectivity index (χ0n) is 28.9. The van der Waals surface area contributed by atoms with Gasteiger partial charge in [0.15, 0.2) is 5.78 Å². The summed E-state index contributed by atoms with van der Waals surface area (Å²) in [5, 5.41) is 33.3. The topological polar surface area (TPSA) is 153 Å². The Morgan fingerprint density at radius 1 is 0.481 bits per heavy atom. The highest BCUT2D eigenvalue weighted by Gasteiger charge is 2.22. The van der Waals surface area contributed by atoms with Crippen LogP contribution in [0.5, 0.6) is 11.5 Å². The van der Waals surface area contributed by atoms with E-state index in [0.29, 0.717) is 18.4 Å². The second kappa shape index (κ2) is 20.5.